The zero-order chi connectivity index (χ0) is 17.1. The van der Waals surface area contributed by atoms with Gasteiger partial charge in [0.15, 0.2) is 0 Å². The number of rotatable bonds is 4. The van der Waals surface area contributed by atoms with E-state index in [4.69, 9.17) is 0 Å². The van der Waals surface area contributed by atoms with Gasteiger partial charge in [-0.25, -0.2) is 18.9 Å². The van der Waals surface area contributed by atoms with Crippen molar-refractivity contribution in [2.75, 3.05) is 6.54 Å². The van der Waals surface area contributed by atoms with Crippen molar-refractivity contribution in [1.29, 1.82) is 0 Å². The van der Waals surface area contributed by atoms with Gasteiger partial charge in [-0.05, 0) is 31.0 Å². The predicted octanol–water partition coefficient (Wildman–Crippen LogP) is 1.45. The van der Waals surface area contributed by atoms with E-state index in [2.05, 4.69) is 15.4 Å². The van der Waals surface area contributed by atoms with Crippen LogP contribution in [0.15, 0.2) is 30.6 Å². The molecule has 1 aliphatic rings. The molecule has 128 valence electrons. The number of hydrogen-bond donors (Lipinski definition) is 2. The van der Waals surface area contributed by atoms with Gasteiger partial charge in [-0.2, -0.15) is 5.10 Å². The van der Waals surface area contributed by atoms with E-state index in [9.17, 15) is 14.3 Å². The van der Waals surface area contributed by atoms with Crippen LogP contribution in [0.25, 0.3) is 0 Å². The first-order chi connectivity index (χ1) is 11.6. The lowest BCUT2D eigenvalue weighted by Crippen LogP contribution is -2.40. The van der Waals surface area contributed by atoms with Gasteiger partial charge in [0.25, 0.3) is 0 Å². The predicted molar refractivity (Wildman–Crippen MR) is 84.4 cm³/mol. The minimum atomic E-state index is -0.622. The molecule has 24 heavy (non-hydrogen) atoms. The van der Waals surface area contributed by atoms with Crippen LogP contribution in [-0.4, -0.2) is 43.5 Å². The standard InChI is InChI=1S/C16H20FN5O2/c1-2-22-15(19-10-20-22)8-18-16(24)21-9-13(23)7-14(21)11-4-3-5-12(17)6-11/h3-6,10,13-14,23H,2,7-9H2,1H3,(H,18,24)/t13-,14+/m1/s1. The zero-order valence-electron chi connectivity index (χ0n) is 13.4. The number of likely N-dealkylation sites (tertiary alicyclic amines) is 1. The first-order valence-corrected chi connectivity index (χ1v) is 7.93. The van der Waals surface area contributed by atoms with Crippen LogP contribution in [0.2, 0.25) is 0 Å². The number of nitrogens with zero attached hydrogens (tertiary/aromatic N) is 4. The average Bonchev–Trinajstić information content (AvgIpc) is 3.18. The second kappa shape index (κ2) is 6.96. The zero-order valence-corrected chi connectivity index (χ0v) is 13.4. The number of carbonyl (C=O) groups is 1. The molecular weight excluding hydrogens is 313 g/mol. The number of halogens is 1. The Kier molecular flexibility index (Phi) is 4.75. The van der Waals surface area contributed by atoms with Gasteiger partial charge in [-0.3, -0.25) is 0 Å². The molecule has 0 unspecified atom stereocenters. The lowest BCUT2D eigenvalue weighted by atomic mass is 10.0. The van der Waals surface area contributed by atoms with E-state index in [1.165, 1.54) is 23.4 Å². The highest BCUT2D eigenvalue weighted by Crippen LogP contribution is 2.32. The summed E-state index contributed by atoms with van der Waals surface area (Å²) >= 11 is 0. The average molecular weight is 333 g/mol. The van der Waals surface area contributed by atoms with Crippen LogP contribution in [0, 0.1) is 5.82 Å². The van der Waals surface area contributed by atoms with Crippen molar-refractivity contribution in [3.8, 4) is 0 Å². The van der Waals surface area contributed by atoms with Crippen LogP contribution in [0.1, 0.15) is 30.8 Å². The number of β-amino-alcohol motifs (C(OH)–C–C–N with tert-alkyl or cyclic N) is 1. The molecule has 1 aromatic carbocycles. The summed E-state index contributed by atoms with van der Waals surface area (Å²) in [5, 5.41) is 16.8. The summed E-state index contributed by atoms with van der Waals surface area (Å²) in [5.74, 6) is 0.304. The Bertz CT molecular complexity index is 720. The maximum atomic E-state index is 13.5. The number of aliphatic hydroxyl groups excluding tert-OH is 1. The molecule has 3 rings (SSSR count). The number of aryl methyl sites for hydroxylation is 1. The van der Waals surface area contributed by atoms with Crippen molar-refractivity contribution < 1.29 is 14.3 Å². The molecule has 1 aromatic heterocycles. The smallest absolute Gasteiger partial charge is 0.318 e. The number of amides is 2. The van der Waals surface area contributed by atoms with E-state index in [1.54, 1.807) is 16.8 Å². The molecule has 0 spiro atoms. The normalized spacial score (nSPS) is 20.4. The Balaban J connectivity index is 1.70. The van der Waals surface area contributed by atoms with Crippen molar-refractivity contribution in [2.45, 2.75) is 38.6 Å². The quantitative estimate of drug-likeness (QED) is 0.887. The van der Waals surface area contributed by atoms with Gasteiger partial charge in [0.05, 0.1) is 18.7 Å². The van der Waals surface area contributed by atoms with E-state index >= 15 is 0 Å². The topological polar surface area (TPSA) is 83.3 Å². The molecule has 0 bridgehead atoms. The van der Waals surface area contributed by atoms with E-state index in [-0.39, 0.29) is 31.0 Å². The summed E-state index contributed by atoms with van der Waals surface area (Å²) in [4.78, 5) is 18.1. The van der Waals surface area contributed by atoms with Crippen molar-refractivity contribution in [3.05, 3.63) is 47.8 Å². The van der Waals surface area contributed by atoms with Crippen molar-refractivity contribution >= 4 is 6.03 Å². The fourth-order valence-electron chi connectivity index (χ4n) is 3.01. The third kappa shape index (κ3) is 3.38. The van der Waals surface area contributed by atoms with Crippen molar-refractivity contribution in [1.82, 2.24) is 25.0 Å². The highest BCUT2D eigenvalue weighted by Gasteiger charge is 2.35. The number of nitrogens with one attached hydrogen (secondary N) is 1. The van der Waals surface area contributed by atoms with Gasteiger partial charge in [0.1, 0.15) is 18.0 Å². The molecule has 0 saturated carbocycles. The molecule has 7 nitrogen and oxygen atoms in total. The molecule has 2 atom stereocenters. The van der Waals surface area contributed by atoms with Crippen LogP contribution < -0.4 is 5.32 Å². The van der Waals surface area contributed by atoms with E-state index < -0.39 is 6.10 Å². The highest BCUT2D eigenvalue weighted by molar-refractivity contribution is 5.75. The minimum absolute atomic E-state index is 0.216. The Hall–Kier alpha value is -2.48. The molecule has 2 heterocycles. The lowest BCUT2D eigenvalue weighted by molar-refractivity contribution is 0.169. The molecule has 1 fully saturated rings. The third-order valence-corrected chi connectivity index (χ3v) is 4.17. The number of urea groups is 1. The number of benzene rings is 1. The first kappa shape index (κ1) is 16.4. The fraction of sp³-hybridized carbons (Fsp3) is 0.438. The van der Waals surface area contributed by atoms with E-state index in [1.807, 2.05) is 6.92 Å². The second-order valence-electron chi connectivity index (χ2n) is 5.76. The van der Waals surface area contributed by atoms with E-state index in [0.29, 0.717) is 24.4 Å². The van der Waals surface area contributed by atoms with Crippen LogP contribution in [0.4, 0.5) is 9.18 Å². The van der Waals surface area contributed by atoms with Gasteiger partial charge in [0, 0.05) is 13.1 Å². The van der Waals surface area contributed by atoms with E-state index in [0.717, 1.165) is 0 Å². The first-order valence-electron chi connectivity index (χ1n) is 7.93. The number of aliphatic hydroxyl groups is 1. The number of aromatic nitrogens is 3. The molecule has 1 aliphatic heterocycles. The number of hydrogen-bond acceptors (Lipinski definition) is 4. The Morgan fingerprint density at radius 2 is 2.33 bits per heavy atom. The third-order valence-electron chi connectivity index (χ3n) is 4.17. The largest absolute Gasteiger partial charge is 0.391 e. The molecule has 0 radical (unpaired) electrons. The van der Waals surface area contributed by atoms with Gasteiger partial charge in [0.2, 0.25) is 0 Å². The molecule has 8 heteroatoms. The summed E-state index contributed by atoms with van der Waals surface area (Å²) in [5.41, 5.74) is 0.679. The molecule has 0 aliphatic carbocycles. The molecule has 2 aromatic rings. The Labute approximate surface area is 139 Å². The van der Waals surface area contributed by atoms with Gasteiger partial charge >= 0.3 is 6.03 Å². The number of carbonyl (C=O) groups excluding carboxylic acids is 1. The van der Waals surface area contributed by atoms with Gasteiger partial charge in [-0.15, -0.1) is 0 Å². The molecule has 2 N–H and O–H groups in total. The highest BCUT2D eigenvalue weighted by atomic mass is 19.1. The summed E-state index contributed by atoms with van der Waals surface area (Å²) in [6, 6.07) is 5.47. The fourth-order valence-corrected chi connectivity index (χ4v) is 3.01. The molecule has 1 saturated heterocycles. The van der Waals surface area contributed by atoms with Gasteiger partial charge in [-0.1, -0.05) is 12.1 Å². The minimum Gasteiger partial charge on any atom is -0.391 e. The monoisotopic (exact) mass is 333 g/mol. The Morgan fingerprint density at radius 3 is 3.08 bits per heavy atom. The summed E-state index contributed by atoms with van der Waals surface area (Å²) in [6.07, 6.45) is 1.21. The summed E-state index contributed by atoms with van der Waals surface area (Å²) < 4.78 is 15.2. The van der Waals surface area contributed by atoms with Crippen LogP contribution in [-0.2, 0) is 13.1 Å². The summed E-state index contributed by atoms with van der Waals surface area (Å²) in [7, 11) is 0. The second-order valence-corrected chi connectivity index (χ2v) is 5.76. The van der Waals surface area contributed by atoms with Crippen LogP contribution in [0.5, 0.6) is 0 Å². The maximum absolute atomic E-state index is 13.5. The summed E-state index contributed by atoms with van der Waals surface area (Å²) in [6.45, 7) is 3.07. The Morgan fingerprint density at radius 1 is 1.50 bits per heavy atom. The SMILES string of the molecule is CCn1ncnc1CNC(=O)N1C[C@H](O)C[C@H]1c1cccc(F)c1. The van der Waals surface area contributed by atoms with Gasteiger partial charge < -0.3 is 15.3 Å². The van der Waals surface area contributed by atoms with Crippen LogP contribution in [0.3, 0.4) is 0 Å². The molecule has 2 amide bonds. The lowest BCUT2D eigenvalue weighted by Gasteiger charge is -2.25. The molecular formula is C16H20FN5O2. The maximum Gasteiger partial charge on any atom is 0.318 e. The van der Waals surface area contributed by atoms with Crippen molar-refractivity contribution in [3.63, 3.8) is 0 Å². The van der Waals surface area contributed by atoms with Crippen molar-refractivity contribution in [2.24, 2.45) is 0 Å². The van der Waals surface area contributed by atoms with Crippen LogP contribution >= 0.6 is 0 Å².